The highest BCUT2D eigenvalue weighted by molar-refractivity contribution is 7.47. The van der Waals surface area contributed by atoms with Gasteiger partial charge in [0.25, 0.3) is 5.56 Å². The lowest BCUT2D eigenvalue weighted by Crippen LogP contribution is -2.36. The van der Waals surface area contributed by atoms with E-state index >= 15 is 8.78 Å². The van der Waals surface area contributed by atoms with Crippen LogP contribution in [0.3, 0.4) is 0 Å². The Kier molecular flexibility index (Phi) is 7.15. The van der Waals surface area contributed by atoms with Crippen LogP contribution in [0, 0.1) is 0 Å². The van der Waals surface area contributed by atoms with Crippen LogP contribution in [0.25, 0.3) is 22.3 Å². The van der Waals surface area contributed by atoms with Crippen molar-refractivity contribution in [2.75, 3.05) is 24.7 Å². The average molecular weight is 661 g/mol. The van der Waals surface area contributed by atoms with Gasteiger partial charge in [0.15, 0.2) is 53.5 Å². The van der Waals surface area contributed by atoms with E-state index < -0.39 is 84.1 Å². The van der Waals surface area contributed by atoms with Crippen molar-refractivity contribution in [2.45, 2.75) is 49.2 Å². The quantitative estimate of drug-likeness (QED) is 0.208. The maximum Gasteiger partial charge on any atom is 0.697 e. The van der Waals surface area contributed by atoms with Gasteiger partial charge in [0.1, 0.15) is 36.8 Å². The number of ether oxygens (including phenoxy) is 2. The maximum absolute atomic E-state index is 15.8. The summed E-state index contributed by atoms with van der Waals surface area (Å²) in [5, 5.41) is 0. The minimum atomic E-state index is -5.10. The number of rotatable bonds is 2. The molecule has 0 aromatic carbocycles. The molecule has 0 radical (unpaired) electrons. The fourth-order valence-electron chi connectivity index (χ4n) is 5.16. The Balaban J connectivity index is 1.15. The topological polar surface area (TPSA) is 269 Å². The van der Waals surface area contributed by atoms with Crippen molar-refractivity contribution in [1.82, 2.24) is 39.0 Å². The van der Waals surface area contributed by atoms with Crippen LogP contribution in [-0.4, -0.2) is 93.9 Å². The van der Waals surface area contributed by atoms with Gasteiger partial charge in [-0.2, -0.15) is 4.98 Å². The highest BCUT2D eigenvalue weighted by Gasteiger charge is 2.56. The molecule has 3 fully saturated rings. The molecule has 7 heterocycles. The van der Waals surface area contributed by atoms with Crippen molar-refractivity contribution in [2.24, 2.45) is 0 Å². The van der Waals surface area contributed by atoms with Gasteiger partial charge in [-0.15, -0.1) is 9.05 Å². The SMILES string of the molecule is Nc1nc2c(ncn2[C@@H]2O[C@@H]3CO[P+](=O)O[C@@H]4C(COP(=O)(O)O[C@H]3[C@H]2F)O[C@@H](n2cnc3c(N)ncnc32)[C@@H]4F)c(=O)[nH]1. The molecular formula is C20H21F2N10O10P2+. The van der Waals surface area contributed by atoms with E-state index in [1.807, 2.05) is 0 Å². The molecule has 0 spiro atoms. The summed E-state index contributed by atoms with van der Waals surface area (Å²) in [5.41, 5.74) is 10.6. The van der Waals surface area contributed by atoms with Crippen LogP contribution in [0.2, 0.25) is 0 Å². The second-order valence-electron chi connectivity index (χ2n) is 9.80. The van der Waals surface area contributed by atoms with Crippen molar-refractivity contribution in [1.29, 1.82) is 0 Å². The predicted octanol–water partition coefficient (Wildman–Crippen LogP) is 0.170. The molecule has 0 saturated carbocycles. The number of aromatic amines is 1. The number of aromatic nitrogens is 8. The predicted molar refractivity (Wildman–Crippen MR) is 139 cm³/mol. The van der Waals surface area contributed by atoms with Crippen LogP contribution in [0.1, 0.15) is 12.5 Å². The molecule has 44 heavy (non-hydrogen) atoms. The molecule has 3 aliphatic heterocycles. The molecule has 4 aromatic rings. The van der Waals surface area contributed by atoms with Crippen LogP contribution in [0.15, 0.2) is 23.8 Å². The first-order valence-electron chi connectivity index (χ1n) is 12.7. The van der Waals surface area contributed by atoms with Gasteiger partial charge in [0.2, 0.25) is 5.95 Å². The zero-order valence-electron chi connectivity index (χ0n) is 21.8. The lowest BCUT2D eigenvalue weighted by molar-refractivity contribution is -0.0600. The van der Waals surface area contributed by atoms with Gasteiger partial charge in [-0.05, 0) is 0 Å². The molecule has 0 bridgehead atoms. The summed E-state index contributed by atoms with van der Waals surface area (Å²) in [6.45, 7) is -1.53. The second kappa shape index (κ2) is 10.8. The van der Waals surface area contributed by atoms with Crippen molar-refractivity contribution >= 4 is 50.2 Å². The summed E-state index contributed by atoms with van der Waals surface area (Å²) < 4.78 is 91.7. The Bertz CT molecular complexity index is 1880. The van der Waals surface area contributed by atoms with Crippen LogP contribution >= 0.6 is 16.1 Å². The number of hydrogen-bond acceptors (Lipinski definition) is 16. The van der Waals surface area contributed by atoms with E-state index in [2.05, 4.69) is 29.9 Å². The molecule has 3 aliphatic rings. The van der Waals surface area contributed by atoms with E-state index in [4.69, 9.17) is 39.0 Å². The Morgan fingerprint density at radius 3 is 2.39 bits per heavy atom. The summed E-state index contributed by atoms with van der Waals surface area (Å²) >= 11 is 0. The van der Waals surface area contributed by atoms with E-state index in [1.165, 1.54) is 10.9 Å². The molecular weight excluding hydrogens is 640 g/mol. The Hall–Kier alpha value is -3.59. The second-order valence-corrected chi connectivity index (χ2v) is 12.1. The summed E-state index contributed by atoms with van der Waals surface area (Å²) in [4.78, 5) is 44.7. The number of alkyl halides is 2. The lowest BCUT2D eigenvalue weighted by Gasteiger charge is -2.23. The lowest BCUT2D eigenvalue weighted by atomic mass is 10.1. The summed E-state index contributed by atoms with van der Waals surface area (Å²) in [7, 11) is -8.20. The third kappa shape index (κ3) is 4.93. The van der Waals surface area contributed by atoms with E-state index in [0.29, 0.717) is 0 Å². The molecule has 0 amide bonds. The van der Waals surface area contributed by atoms with E-state index in [9.17, 15) is 18.8 Å². The minimum Gasteiger partial charge on any atom is -0.382 e. The van der Waals surface area contributed by atoms with Gasteiger partial charge in [0.05, 0.1) is 19.3 Å². The third-order valence-electron chi connectivity index (χ3n) is 7.13. The van der Waals surface area contributed by atoms with Gasteiger partial charge in [0, 0.05) is 4.57 Å². The molecule has 234 valence electrons. The van der Waals surface area contributed by atoms with E-state index in [0.717, 1.165) is 17.2 Å². The summed E-state index contributed by atoms with van der Waals surface area (Å²) in [6.07, 6.45) is -10.4. The summed E-state index contributed by atoms with van der Waals surface area (Å²) in [5.74, 6) is -0.259. The standard InChI is InChI=1S/C20H20F2N10O10P2/c21-8-12-7(40-18(8)31-4-27-10-14(23)25-3-26-15(10)31)2-38-44(35,36)42-13-6(1-37-43(34)41-12)39-19(9(13)22)32-5-28-11-16(32)29-20(24)30-17(11)33/h3-9,12-13,18-19H,1-2H2,(H5-,23,24,25,26,29,30,33,35,36)/p+1/t6-,7?,8-,9-,12-,13-,18-,19-/m1/s1. The number of fused-ring (bicyclic) bond motifs is 4. The normalized spacial score (nSPS) is 35.8. The van der Waals surface area contributed by atoms with Gasteiger partial charge in [-0.3, -0.25) is 28.0 Å². The first-order chi connectivity index (χ1) is 21.0. The van der Waals surface area contributed by atoms with Gasteiger partial charge >= 0.3 is 16.1 Å². The van der Waals surface area contributed by atoms with Crippen LogP contribution in [-0.2, 0) is 36.7 Å². The van der Waals surface area contributed by atoms with E-state index in [-0.39, 0.29) is 34.1 Å². The molecule has 3 unspecified atom stereocenters. The summed E-state index contributed by atoms with van der Waals surface area (Å²) in [6, 6.07) is 0. The number of imidazole rings is 2. The molecule has 0 aliphatic carbocycles. The van der Waals surface area contributed by atoms with Gasteiger partial charge in [-0.25, -0.2) is 33.3 Å². The van der Waals surface area contributed by atoms with Crippen LogP contribution < -0.4 is 17.0 Å². The Labute approximate surface area is 243 Å². The number of nitrogens with one attached hydrogen (secondary N) is 1. The highest BCUT2D eigenvalue weighted by atomic mass is 31.2. The van der Waals surface area contributed by atoms with Gasteiger partial charge < -0.3 is 25.8 Å². The Morgan fingerprint density at radius 1 is 0.977 bits per heavy atom. The zero-order valence-corrected chi connectivity index (χ0v) is 23.6. The van der Waals surface area contributed by atoms with Crippen molar-refractivity contribution < 1.29 is 50.4 Å². The molecule has 10 atom stereocenters. The number of nitrogens with zero attached hydrogens (tertiary/aromatic N) is 7. The number of halogens is 2. The fourth-order valence-corrected chi connectivity index (χ4v) is 6.89. The minimum absolute atomic E-state index is 0.0273. The van der Waals surface area contributed by atoms with Crippen molar-refractivity contribution in [3.63, 3.8) is 0 Å². The van der Waals surface area contributed by atoms with Crippen molar-refractivity contribution in [3.8, 4) is 0 Å². The third-order valence-corrected chi connectivity index (χ3v) is 8.89. The monoisotopic (exact) mass is 661 g/mol. The number of anilines is 2. The number of H-pyrrole nitrogens is 1. The number of phosphoric ester groups is 1. The average Bonchev–Trinajstić information content (AvgIpc) is 3.72. The molecule has 6 N–H and O–H groups in total. The number of phosphoric acid groups is 1. The first-order valence-corrected chi connectivity index (χ1v) is 15.3. The first kappa shape index (κ1) is 29.1. The fraction of sp³-hybridized carbons (Fsp3) is 0.500. The van der Waals surface area contributed by atoms with Crippen molar-refractivity contribution in [3.05, 3.63) is 29.3 Å². The smallest absolute Gasteiger partial charge is 0.382 e. The van der Waals surface area contributed by atoms with Gasteiger partial charge in [-0.1, -0.05) is 0 Å². The van der Waals surface area contributed by atoms with Crippen LogP contribution in [0.4, 0.5) is 20.5 Å². The molecule has 20 nitrogen and oxygen atoms in total. The molecule has 24 heteroatoms. The zero-order chi connectivity index (χ0) is 30.9. The number of hydrogen-bond donors (Lipinski definition) is 4. The Morgan fingerprint density at radius 2 is 1.64 bits per heavy atom. The largest absolute Gasteiger partial charge is 0.697 e. The number of nitrogens with two attached hydrogens (primary N) is 2. The van der Waals surface area contributed by atoms with Crippen LogP contribution in [0.5, 0.6) is 0 Å². The molecule has 7 rings (SSSR count). The number of nitrogen functional groups attached to an aromatic ring is 2. The van der Waals surface area contributed by atoms with E-state index in [1.54, 1.807) is 0 Å². The molecule has 4 aromatic heterocycles. The highest BCUT2D eigenvalue weighted by Crippen LogP contribution is 2.51. The molecule has 3 saturated heterocycles. The maximum atomic E-state index is 15.8.